The Morgan fingerprint density at radius 2 is 2.06 bits per heavy atom. The van der Waals surface area contributed by atoms with Crippen LogP contribution < -0.4 is 15.5 Å². The molecule has 0 radical (unpaired) electrons. The molecule has 2 N–H and O–H groups in total. The molecule has 3 heterocycles. The van der Waals surface area contributed by atoms with Crippen molar-refractivity contribution < 1.29 is 9.59 Å². The van der Waals surface area contributed by atoms with E-state index in [0.29, 0.717) is 29.3 Å². The van der Waals surface area contributed by atoms with Crippen LogP contribution in [0.25, 0.3) is 0 Å². The summed E-state index contributed by atoms with van der Waals surface area (Å²) >= 11 is 0. The Morgan fingerprint density at radius 1 is 1.21 bits per heavy atom. The van der Waals surface area contributed by atoms with E-state index in [0.717, 1.165) is 32.1 Å². The number of carbonyl (C=O) groups excluding carboxylic acids is 2. The highest BCUT2D eigenvalue weighted by molar-refractivity contribution is 6.16. The van der Waals surface area contributed by atoms with E-state index >= 15 is 0 Å². The lowest BCUT2D eigenvalue weighted by Crippen LogP contribution is -2.44. The number of aromatic nitrogens is 1. The molecule has 8 heteroatoms. The third-order valence-electron chi connectivity index (χ3n) is 6.61. The Bertz CT molecular complexity index is 995. The molecule has 1 aromatic heterocycles. The van der Waals surface area contributed by atoms with Gasteiger partial charge in [0, 0.05) is 25.8 Å². The number of pyridine rings is 1. The van der Waals surface area contributed by atoms with Crippen LogP contribution in [0.15, 0.2) is 42.6 Å². The molecule has 2 aromatic rings. The number of rotatable bonds is 8. The smallest absolute Gasteiger partial charge is 0.327 e. The third-order valence-corrected chi connectivity index (χ3v) is 6.61. The summed E-state index contributed by atoms with van der Waals surface area (Å²) in [7, 11) is 4.26. The van der Waals surface area contributed by atoms with Crippen LogP contribution in [0.5, 0.6) is 0 Å². The number of unbranched alkanes of at least 4 members (excludes halogenated alkanes) is 1. The number of nitrogens with zero attached hydrogens (tertiary/aromatic N) is 4. The van der Waals surface area contributed by atoms with E-state index in [1.165, 1.54) is 37.0 Å². The molecule has 0 aliphatic carbocycles. The molecule has 8 nitrogen and oxygen atoms in total. The van der Waals surface area contributed by atoms with E-state index in [9.17, 15) is 9.59 Å². The second kappa shape index (κ2) is 11.4. The van der Waals surface area contributed by atoms with Gasteiger partial charge in [-0.2, -0.15) is 0 Å². The highest BCUT2D eigenvalue weighted by atomic mass is 16.2. The predicted molar refractivity (Wildman–Crippen MR) is 136 cm³/mol. The average Bonchev–Trinajstić information content (AvgIpc) is 2.96. The van der Waals surface area contributed by atoms with E-state index in [1.807, 2.05) is 6.07 Å². The number of fused-ring (bicyclic) bond motifs is 2. The van der Waals surface area contributed by atoms with Crippen LogP contribution in [0, 0.1) is 5.92 Å². The number of hydrogen-bond acceptors (Lipinski definition) is 5. The molecule has 1 aromatic carbocycles. The maximum atomic E-state index is 13.3. The van der Waals surface area contributed by atoms with Crippen LogP contribution in [0.1, 0.15) is 42.5 Å². The quantitative estimate of drug-likeness (QED) is 0.579. The van der Waals surface area contributed by atoms with Crippen molar-refractivity contribution in [2.24, 2.45) is 5.92 Å². The molecule has 4 rings (SSSR count). The zero-order chi connectivity index (χ0) is 23.9. The fourth-order valence-corrected chi connectivity index (χ4v) is 4.89. The molecule has 3 amide bonds. The van der Waals surface area contributed by atoms with Gasteiger partial charge in [0.05, 0.1) is 16.9 Å². The van der Waals surface area contributed by atoms with Gasteiger partial charge in [-0.3, -0.25) is 4.79 Å². The monoisotopic (exact) mass is 464 g/mol. The molecule has 0 bridgehead atoms. The molecule has 1 saturated heterocycles. The molecule has 182 valence electrons. The van der Waals surface area contributed by atoms with Gasteiger partial charge in [-0.25, -0.2) is 14.7 Å². The Hall–Kier alpha value is -2.97. The van der Waals surface area contributed by atoms with Crippen LogP contribution >= 0.6 is 0 Å². The Labute approximate surface area is 202 Å². The number of likely N-dealkylation sites (tertiary alicyclic amines) is 1. The molecule has 0 saturated carbocycles. The summed E-state index contributed by atoms with van der Waals surface area (Å²) < 4.78 is 0. The second-order valence-electron chi connectivity index (χ2n) is 9.52. The number of amides is 3. The molecule has 0 spiro atoms. The largest absolute Gasteiger partial charge is 0.336 e. The first-order valence-electron chi connectivity index (χ1n) is 12.3. The number of para-hydroxylation sites is 1. The Morgan fingerprint density at radius 3 is 2.91 bits per heavy atom. The molecule has 2 aliphatic rings. The van der Waals surface area contributed by atoms with Crippen molar-refractivity contribution in [2.45, 2.75) is 32.1 Å². The summed E-state index contributed by atoms with van der Waals surface area (Å²) in [5, 5.41) is 5.93. The molecule has 34 heavy (non-hydrogen) atoms. The van der Waals surface area contributed by atoms with Crippen molar-refractivity contribution in [1.82, 2.24) is 20.1 Å². The maximum absolute atomic E-state index is 13.3. The SMILES string of the molecule is CN(C)CCCCC1CCCN(CCNC(=O)N2c3ccccc3C(=O)Nc3cccnc32)C1. The van der Waals surface area contributed by atoms with Gasteiger partial charge in [0.1, 0.15) is 0 Å². The lowest BCUT2D eigenvalue weighted by Gasteiger charge is -2.33. The Balaban J connectivity index is 1.35. The van der Waals surface area contributed by atoms with E-state index < -0.39 is 0 Å². The van der Waals surface area contributed by atoms with E-state index in [4.69, 9.17) is 0 Å². The number of nitrogens with one attached hydrogen (secondary N) is 2. The molecule has 1 atom stereocenters. The van der Waals surface area contributed by atoms with Crippen LogP contribution in [-0.2, 0) is 0 Å². The highest BCUT2D eigenvalue weighted by Crippen LogP contribution is 2.36. The maximum Gasteiger partial charge on any atom is 0.327 e. The first-order valence-corrected chi connectivity index (χ1v) is 12.3. The van der Waals surface area contributed by atoms with Crippen molar-refractivity contribution in [3.8, 4) is 0 Å². The number of hydrogen-bond donors (Lipinski definition) is 2. The molecule has 1 fully saturated rings. The number of piperidine rings is 1. The first-order chi connectivity index (χ1) is 16.5. The van der Waals surface area contributed by atoms with Crippen LogP contribution in [0.2, 0.25) is 0 Å². The van der Waals surface area contributed by atoms with Crippen LogP contribution in [-0.4, -0.2) is 73.5 Å². The lowest BCUT2D eigenvalue weighted by molar-refractivity contribution is 0.102. The van der Waals surface area contributed by atoms with Gasteiger partial charge >= 0.3 is 6.03 Å². The van der Waals surface area contributed by atoms with Gasteiger partial charge in [-0.05, 0) is 83.1 Å². The van der Waals surface area contributed by atoms with Gasteiger partial charge in [-0.1, -0.05) is 18.6 Å². The van der Waals surface area contributed by atoms with Crippen LogP contribution in [0.4, 0.5) is 22.0 Å². The fourth-order valence-electron chi connectivity index (χ4n) is 4.89. The van der Waals surface area contributed by atoms with Crippen molar-refractivity contribution >= 4 is 29.1 Å². The van der Waals surface area contributed by atoms with Crippen molar-refractivity contribution in [3.05, 3.63) is 48.2 Å². The van der Waals surface area contributed by atoms with Gasteiger partial charge in [0.2, 0.25) is 0 Å². The summed E-state index contributed by atoms with van der Waals surface area (Å²) in [5.41, 5.74) is 1.50. The minimum atomic E-state index is -0.277. The number of urea groups is 1. The molecule has 2 aliphatic heterocycles. The number of benzene rings is 1. The normalized spacial score (nSPS) is 18.1. The van der Waals surface area contributed by atoms with E-state index in [2.05, 4.69) is 39.5 Å². The topological polar surface area (TPSA) is 80.8 Å². The summed E-state index contributed by atoms with van der Waals surface area (Å²) in [6.45, 7) is 4.71. The lowest BCUT2D eigenvalue weighted by atomic mass is 9.92. The van der Waals surface area contributed by atoms with Crippen LogP contribution in [0.3, 0.4) is 0 Å². The zero-order valence-corrected chi connectivity index (χ0v) is 20.3. The third kappa shape index (κ3) is 5.93. The number of anilines is 3. The minimum absolute atomic E-state index is 0.245. The number of carbonyl (C=O) groups is 2. The van der Waals surface area contributed by atoms with Crippen molar-refractivity contribution in [1.29, 1.82) is 0 Å². The van der Waals surface area contributed by atoms with Crippen molar-refractivity contribution in [3.63, 3.8) is 0 Å². The molecular formula is C26H36N6O2. The second-order valence-corrected chi connectivity index (χ2v) is 9.52. The molecular weight excluding hydrogens is 428 g/mol. The standard InChI is InChI=1S/C26H36N6O2/c1-30(2)16-6-5-9-20-10-8-17-31(19-20)18-15-28-26(34)32-23-13-4-3-11-21(23)25(33)29-22-12-7-14-27-24(22)32/h3-4,7,11-14,20H,5-6,8-10,15-19H2,1-2H3,(H,28,34)(H,29,33). The Kier molecular flexibility index (Phi) is 8.13. The van der Waals surface area contributed by atoms with Gasteiger partial charge in [0.15, 0.2) is 5.82 Å². The van der Waals surface area contributed by atoms with E-state index in [-0.39, 0.29) is 11.9 Å². The summed E-state index contributed by atoms with van der Waals surface area (Å²) in [6, 6.07) is 10.4. The fraction of sp³-hybridized carbons (Fsp3) is 0.500. The summed E-state index contributed by atoms with van der Waals surface area (Å²) in [6.07, 6.45) is 7.97. The average molecular weight is 465 g/mol. The van der Waals surface area contributed by atoms with Crippen molar-refractivity contribution in [2.75, 3.05) is 57.0 Å². The summed E-state index contributed by atoms with van der Waals surface area (Å²) in [4.78, 5) is 36.7. The predicted octanol–water partition coefficient (Wildman–Crippen LogP) is 3.94. The zero-order valence-electron chi connectivity index (χ0n) is 20.3. The van der Waals surface area contributed by atoms with Gasteiger partial charge in [-0.15, -0.1) is 0 Å². The summed E-state index contributed by atoms with van der Waals surface area (Å²) in [5.74, 6) is 0.927. The molecule has 1 unspecified atom stereocenters. The highest BCUT2D eigenvalue weighted by Gasteiger charge is 2.30. The van der Waals surface area contributed by atoms with E-state index in [1.54, 1.807) is 36.5 Å². The first kappa shape index (κ1) is 24.2. The van der Waals surface area contributed by atoms with Gasteiger partial charge < -0.3 is 20.4 Å². The van der Waals surface area contributed by atoms with Gasteiger partial charge in [0.25, 0.3) is 5.91 Å². The minimum Gasteiger partial charge on any atom is -0.336 e.